The number of carbonyl (C=O) groups excluding carboxylic acids is 2. The molecular weight excluding hydrogens is 338 g/mol. The summed E-state index contributed by atoms with van der Waals surface area (Å²) >= 11 is 1.25. The molecular formula is C15H21NO5S2. The first-order valence-corrected chi connectivity index (χ1v) is 10.3. The second kappa shape index (κ2) is 7.92. The van der Waals surface area contributed by atoms with Crippen LogP contribution in [0, 0.1) is 0 Å². The molecule has 1 saturated heterocycles. The van der Waals surface area contributed by atoms with Crippen LogP contribution in [0.1, 0.15) is 35.9 Å². The predicted molar refractivity (Wildman–Crippen MR) is 88.3 cm³/mol. The van der Waals surface area contributed by atoms with Gasteiger partial charge < -0.3 is 9.64 Å². The Bertz CT molecular complexity index is 639. The van der Waals surface area contributed by atoms with Gasteiger partial charge in [-0.25, -0.2) is 13.2 Å². The molecule has 0 N–H and O–H groups in total. The van der Waals surface area contributed by atoms with Crippen LogP contribution in [0.4, 0.5) is 0 Å². The highest BCUT2D eigenvalue weighted by Gasteiger charge is 2.34. The molecule has 0 aromatic carbocycles. The number of amides is 1. The summed E-state index contributed by atoms with van der Waals surface area (Å²) < 4.78 is 28.3. The lowest BCUT2D eigenvalue weighted by Crippen LogP contribution is -2.43. The van der Waals surface area contributed by atoms with Gasteiger partial charge in [-0.15, -0.1) is 11.3 Å². The molecule has 1 aromatic heterocycles. The fraction of sp³-hybridized carbons (Fsp3) is 0.600. The zero-order chi connectivity index (χ0) is 16.9. The average molecular weight is 359 g/mol. The molecule has 0 saturated carbocycles. The first-order chi connectivity index (χ1) is 10.9. The highest BCUT2D eigenvalue weighted by molar-refractivity contribution is 7.91. The molecule has 1 amide bonds. The highest BCUT2D eigenvalue weighted by Crippen LogP contribution is 2.19. The summed E-state index contributed by atoms with van der Waals surface area (Å²) in [5, 5.41) is 1.76. The first-order valence-electron chi connectivity index (χ1n) is 7.63. The number of nitrogens with zero attached hydrogens (tertiary/aromatic N) is 1. The normalized spacial score (nSPS) is 19.4. The average Bonchev–Trinajstić information content (AvgIpc) is 3.15. The van der Waals surface area contributed by atoms with Crippen molar-refractivity contribution in [2.45, 2.75) is 32.2 Å². The Labute approximate surface area is 140 Å². The predicted octanol–water partition coefficient (Wildman–Crippen LogP) is 1.72. The van der Waals surface area contributed by atoms with Gasteiger partial charge in [-0.05, 0) is 24.3 Å². The van der Waals surface area contributed by atoms with Gasteiger partial charge in [-0.2, -0.15) is 0 Å². The standard InChI is InChI=1S/C15H21NO5S2/c1-2-3-7-16(12-6-9-23(19,20)11-12)14(17)10-21-15(18)13-5-4-8-22-13/h4-5,8,12H,2-3,6-7,9-11H2,1H3. The Kier molecular flexibility index (Phi) is 6.17. The van der Waals surface area contributed by atoms with Gasteiger partial charge in [0.15, 0.2) is 16.4 Å². The lowest BCUT2D eigenvalue weighted by Gasteiger charge is -2.28. The van der Waals surface area contributed by atoms with Crippen LogP contribution in [0.3, 0.4) is 0 Å². The Morgan fingerprint density at radius 1 is 1.43 bits per heavy atom. The molecule has 23 heavy (non-hydrogen) atoms. The minimum absolute atomic E-state index is 0.00131. The number of ether oxygens (including phenoxy) is 1. The van der Waals surface area contributed by atoms with E-state index in [1.54, 1.807) is 22.4 Å². The van der Waals surface area contributed by atoms with E-state index in [0.29, 0.717) is 17.8 Å². The summed E-state index contributed by atoms with van der Waals surface area (Å²) in [4.78, 5) is 26.2. The second-order valence-corrected chi connectivity index (χ2v) is 8.73. The number of hydrogen-bond donors (Lipinski definition) is 0. The van der Waals surface area contributed by atoms with Gasteiger partial charge in [0, 0.05) is 12.6 Å². The Morgan fingerprint density at radius 3 is 2.78 bits per heavy atom. The molecule has 1 aromatic rings. The number of unbranched alkanes of at least 4 members (excludes halogenated alkanes) is 1. The second-order valence-electron chi connectivity index (χ2n) is 5.55. The van der Waals surface area contributed by atoms with E-state index in [2.05, 4.69) is 0 Å². The molecule has 1 unspecified atom stereocenters. The molecule has 6 nitrogen and oxygen atoms in total. The third kappa shape index (κ3) is 5.04. The minimum Gasteiger partial charge on any atom is -0.451 e. The molecule has 1 fully saturated rings. The first kappa shape index (κ1) is 17.9. The van der Waals surface area contributed by atoms with Gasteiger partial charge >= 0.3 is 5.97 Å². The van der Waals surface area contributed by atoms with Crippen LogP contribution < -0.4 is 0 Å². The zero-order valence-corrected chi connectivity index (χ0v) is 14.7. The van der Waals surface area contributed by atoms with Crippen molar-refractivity contribution in [1.82, 2.24) is 4.90 Å². The van der Waals surface area contributed by atoms with Crippen LogP contribution in [0.25, 0.3) is 0 Å². The van der Waals surface area contributed by atoms with Crippen molar-refractivity contribution in [2.24, 2.45) is 0 Å². The SMILES string of the molecule is CCCCN(C(=O)COC(=O)c1cccs1)C1CCS(=O)(=O)C1. The summed E-state index contributed by atoms with van der Waals surface area (Å²) in [7, 11) is -3.07. The number of hydrogen-bond acceptors (Lipinski definition) is 6. The van der Waals surface area contributed by atoms with Gasteiger partial charge in [-0.3, -0.25) is 4.79 Å². The number of thiophene rings is 1. The summed E-state index contributed by atoms with van der Waals surface area (Å²) in [5.74, 6) is -0.738. The van der Waals surface area contributed by atoms with Crippen LogP contribution >= 0.6 is 11.3 Å². The van der Waals surface area contributed by atoms with E-state index in [0.717, 1.165) is 12.8 Å². The maximum atomic E-state index is 12.4. The fourth-order valence-electron chi connectivity index (χ4n) is 2.54. The largest absolute Gasteiger partial charge is 0.451 e. The van der Waals surface area contributed by atoms with Crippen molar-refractivity contribution in [2.75, 3.05) is 24.7 Å². The van der Waals surface area contributed by atoms with E-state index in [-0.39, 0.29) is 30.1 Å². The maximum Gasteiger partial charge on any atom is 0.348 e. The smallest absolute Gasteiger partial charge is 0.348 e. The van der Waals surface area contributed by atoms with Gasteiger partial charge in [0.05, 0.1) is 11.5 Å². The zero-order valence-electron chi connectivity index (χ0n) is 13.1. The molecule has 1 aliphatic rings. The Hall–Kier alpha value is -1.41. The summed E-state index contributed by atoms with van der Waals surface area (Å²) in [5.41, 5.74) is 0. The highest BCUT2D eigenvalue weighted by atomic mass is 32.2. The topological polar surface area (TPSA) is 80.8 Å². The molecule has 2 heterocycles. The van der Waals surface area contributed by atoms with E-state index < -0.39 is 15.8 Å². The quantitative estimate of drug-likeness (QED) is 0.693. The third-order valence-corrected chi connectivity index (χ3v) is 6.37. The van der Waals surface area contributed by atoms with Crippen molar-refractivity contribution >= 4 is 33.1 Å². The molecule has 0 bridgehead atoms. The van der Waals surface area contributed by atoms with Crippen LogP contribution in [-0.4, -0.2) is 55.9 Å². The molecule has 1 aliphatic heterocycles. The van der Waals surface area contributed by atoms with E-state index in [4.69, 9.17) is 4.74 Å². The van der Waals surface area contributed by atoms with Crippen molar-refractivity contribution in [3.63, 3.8) is 0 Å². The van der Waals surface area contributed by atoms with Crippen molar-refractivity contribution in [3.05, 3.63) is 22.4 Å². The van der Waals surface area contributed by atoms with E-state index in [1.807, 2.05) is 6.92 Å². The maximum absolute atomic E-state index is 12.4. The fourth-order valence-corrected chi connectivity index (χ4v) is 4.88. The van der Waals surface area contributed by atoms with E-state index >= 15 is 0 Å². The molecule has 0 spiro atoms. The van der Waals surface area contributed by atoms with E-state index in [9.17, 15) is 18.0 Å². The summed E-state index contributed by atoms with van der Waals surface area (Å²) in [6.07, 6.45) is 2.15. The lowest BCUT2D eigenvalue weighted by atomic mass is 10.2. The monoisotopic (exact) mass is 359 g/mol. The summed E-state index contributed by atoms with van der Waals surface area (Å²) in [6.45, 7) is 2.15. The van der Waals surface area contributed by atoms with Crippen LogP contribution in [-0.2, 0) is 19.4 Å². The molecule has 0 aliphatic carbocycles. The van der Waals surface area contributed by atoms with Gasteiger partial charge in [0.1, 0.15) is 4.88 Å². The molecule has 1 atom stereocenters. The molecule has 2 rings (SSSR count). The van der Waals surface area contributed by atoms with Crippen LogP contribution in [0.5, 0.6) is 0 Å². The number of carbonyl (C=O) groups is 2. The third-order valence-electron chi connectivity index (χ3n) is 3.77. The van der Waals surface area contributed by atoms with Gasteiger partial charge in [0.2, 0.25) is 0 Å². The van der Waals surface area contributed by atoms with Crippen molar-refractivity contribution in [1.29, 1.82) is 0 Å². The van der Waals surface area contributed by atoms with Crippen molar-refractivity contribution in [3.8, 4) is 0 Å². The van der Waals surface area contributed by atoms with Gasteiger partial charge in [-0.1, -0.05) is 19.4 Å². The van der Waals surface area contributed by atoms with Crippen LogP contribution in [0.15, 0.2) is 17.5 Å². The van der Waals surface area contributed by atoms with Gasteiger partial charge in [0.25, 0.3) is 5.91 Å². The Balaban J connectivity index is 1.95. The van der Waals surface area contributed by atoms with Crippen LogP contribution in [0.2, 0.25) is 0 Å². The minimum atomic E-state index is -3.07. The summed E-state index contributed by atoms with van der Waals surface area (Å²) in [6, 6.07) is 3.06. The van der Waals surface area contributed by atoms with E-state index in [1.165, 1.54) is 11.3 Å². The lowest BCUT2D eigenvalue weighted by molar-refractivity contribution is -0.136. The number of sulfone groups is 1. The number of rotatable bonds is 7. The number of esters is 1. The Morgan fingerprint density at radius 2 is 2.22 bits per heavy atom. The molecule has 0 radical (unpaired) electrons. The molecule has 8 heteroatoms. The molecule has 128 valence electrons. The van der Waals surface area contributed by atoms with Crippen molar-refractivity contribution < 1.29 is 22.7 Å².